The van der Waals surface area contributed by atoms with Crippen molar-refractivity contribution in [3.8, 4) is 0 Å². The lowest BCUT2D eigenvalue weighted by atomic mass is 9.72. The molecule has 1 saturated carbocycles. The molecule has 0 atom stereocenters. The molecule has 2 nitrogen and oxygen atoms in total. The van der Waals surface area contributed by atoms with Crippen LogP contribution in [0.2, 0.25) is 0 Å². The van der Waals surface area contributed by atoms with Crippen molar-refractivity contribution in [2.75, 3.05) is 20.1 Å². The van der Waals surface area contributed by atoms with Crippen molar-refractivity contribution in [3.63, 3.8) is 0 Å². The van der Waals surface area contributed by atoms with Gasteiger partial charge in [-0.25, -0.2) is 0 Å². The number of rotatable bonds is 6. The van der Waals surface area contributed by atoms with Crippen molar-refractivity contribution in [1.29, 1.82) is 0 Å². The molecule has 0 amide bonds. The van der Waals surface area contributed by atoms with E-state index in [2.05, 4.69) is 39.3 Å². The van der Waals surface area contributed by atoms with Crippen LogP contribution in [0.1, 0.15) is 44.1 Å². The first-order valence-electron chi connectivity index (χ1n) is 7.25. The summed E-state index contributed by atoms with van der Waals surface area (Å²) in [5.41, 5.74) is 7.90. The molecule has 1 aliphatic carbocycles. The second kappa shape index (κ2) is 7.21. The number of nitrogens with two attached hydrogens (primary N) is 1. The van der Waals surface area contributed by atoms with Gasteiger partial charge in [0.15, 0.2) is 0 Å². The van der Waals surface area contributed by atoms with Crippen LogP contribution < -0.4 is 5.73 Å². The lowest BCUT2D eigenvalue weighted by Crippen LogP contribution is -2.36. The predicted molar refractivity (Wildman–Crippen MR) is 87.5 cm³/mol. The Morgan fingerprint density at radius 3 is 2.68 bits per heavy atom. The zero-order valence-corrected chi connectivity index (χ0v) is 14.2. The van der Waals surface area contributed by atoms with E-state index in [1.54, 1.807) is 11.3 Å². The molecule has 0 radical (unpaired) electrons. The number of nitrogens with zero attached hydrogens (tertiary/aromatic N) is 1. The molecule has 1 fully saturated rings. The molecule has 108 valence electrons. The highest BCUT2D eigenvalue weighted by Crippen LogP contribution is 2.38. The van der Waals surface area contributed by atoms with E-state index in [0.29, 0.717) is 5.41 Å². The minimum atomic E-state index is 0.432. The second-order valence-electron chi connectivity index (χ2n) is 6.01. The number of halogens is 1. The van der Waals surface area contributed by atoms with Gasteiger partial charge in [-0.05, 0) is 77.8 Å². The lowest BCUT2D eigenvalue weighted by Gasteiger charge is -2.37. The molecular formula is C15H25BrN2S. The fourth-order valence-corrected chi connectivity index (χ4v) is 4.31. The van der Waals surface area contributed by atoms with Gasteiger partial charge in [-0.3, -0.25) is 0 Å². The summed E-state index contributed by atoms with van der Waals surface area (Å²) < 4.78 is 1.22. The van der Waals surface area contributed by atoms with E-state index in [1.165, 1.54) is 47.9 Å². The van der Waals surface area contributed by atoms with Crippen LogP contribution in [0.3, 0.4) is 0 Å². The van der Waals surface area contributed by atoms with Gasteiger partial charge < -0.3 is 10.6 Å². The Morgan fingerprint density at radius 2 is 2.11 bits per heavy atom. The summed E-state index contributed by atoms with van der Waals surface area (Å²) in [4.78, 5) is 2.43. The average molecular weight is 345 g/mol. The predicted octanol–water partition coefficient (Wildman–Crippen LogP) is 4.24. The lowest BCUT2D eigenvalue weighted by molar-refractivity contribution is 0.154. The van der Waals surface area contributed by atoms with Crippen molar-refractivity contribution in [1.82, 2.24) is 4.90 Å². The largest absolute Gasteiger partial charge is 0.330 e. The van der Waals surface area contributed by atoms with Crippen LogP contribution >= 0.6 is 27.3 Å². The normalized spacial score (nSPS) is 18.9. The van der Waals surface area contributed by atoms with Crippen LogP contribution in [0.15, 0.2) is 15.2 Å². The topological polar surface area (TPSA) is 29.3 Å². The van der Waals surface area contributed by atoms with Crippen LogP contribution in [-0.4, -0.2) is 25.0 Å². The van der Waals surface area contributed by atoms with Crippen molar-refractivity contribution < 1.29 is 0 Å². The zero-order chi connectivity index (χ0) is 13.7. The van der Waals surface area contributed by atoms with Crippen LogP contribution in [0.25, 0.3) is 0 Å². The highest BCUT2D eigenvalue weighted by Gasteiger charge is 2.30. The first-order valence-corrected chi connectivity index (χ1v) is 8.92. The van der Waals surface area contributed by atoms with Crippen molar-refractivity contribution in [3.05, 3.63) is 20.8 Å². The highest BCUT2D eigenvalue weighted by atomic mass is 79.9. The second-order valence-corrected chi connectivity index (χ2v) is 8.30. The smallest absolute Gasteiger partial charge is 0.0701 e. The molecular weight excluding hydrogens is 320 g/mol. The Hall–Kier alpha value is 0.100. The maximum Gasteiger partial charge on any atom is 0.0701 e. The van der Waals surface area contributed by atoms with E-state index in [-0.39, 0.29) is 0 Å². The molecule has 2 rings (SSSR count). The molecule has 0 aliphatic heterocycles. The fourth-order valence-electron chi connectivity index (χ4n) is 3.11. The molecule has 0 bridgehead atoms. The maximum atomic E-state index is 6.06. The summed E-state index contributed by atoms with van der Waals surface area (Å²) in [7, 11) is 2.22. The third-order valence-corrected chi connectivity index (χ3v) is 6.00. The molecule has 2 N–H and O–H groups in total. The Kier molecular flexibility index (Phi) is 5.87. The molecule has 0 unspecified atom stereocenters. The van der Waals surface area contributed by atoms with Gasteiger partial charge >= 0.3 is 0 Å². The van der Waals surface area contributed by atoms with E-state index in [9.17, 15) is 0 Å². The Bertz CT molecular complexity index is 385. The van der Waals surface area contributed by atoms with Gasteiger partial charge in [0.25, 0.3) is 0 Å². The summed E-state index contributed by atoms with van der Waals surface area (Å²) in [6.07, 6.45) is 8.07. The van der Waals surface area contributed by atoms with E-state index in [1.807, 2.05) is 0 Å². The molecule has 4 heteroatoms. The standard InChI is InChI=1S/C15H25BrN2S/c1-18(10-13-9-14(16)19-11-13)8-7-15(12-17)5-3-2-4-6-15/h9,11H,2-8,10,12,17H2,1H3. The van der Waals surface area contributed by atoms with E-state index >= 15 is 0 Å². The van der Waals surface area contributed by atoms with E-state index < -0.39 is 0 Å². The van der Waals surface area contributed by atoms with Gasteiger partial charge in [0.2, 0.25) is 0 Å². The quantitative estimate of drug-likeness (QED) is 0.835. The molecule has 19 heavy (non-hydrogen) atoms. The van der Waals surface area contributed by atoms with Crippen LogP contribution in [0.5, 0.6) is 0 Å². The van der Waals surface area contributed by atoms with Gasteiger partial charge in [-0.15, -0.1) is 11.3 Å². The van der Waals surface area contributed by atoms with E-state index in [4.69, 9.17) is 5.73 Å². The SMILES string of the molecule is CN(CCC1(CN)CCCCC1)Cc1csc(Br)c1. The monoisotopic (exact) mass is 344 g/mol. The number of hydrogen-bond acceptors (Lipinski definition) is 3. The minimum Gasteiger partial charge on any atom is -0.330 e. The summed E-state index contributed by atoms with van der Waals surface area (Å²) in [6, 6.07) is 2.22. The molecule has 0 aromatic carbocycles. The molecule has 1 aromatic rings. The third kappa shape index (κ3) is 4.55. The summed E-state index contributed by atoms with van der Waals surface area (Å²) in [5.74, 6) is 0. The van der Waals surface area contributed by atoms with Crippen molar-refractivity contribution >= 4 is 27.3 Å². The molecule has 1 aromatic heterocycles. The Labute approximate surface area is 129 Å². The van der Waals surface area contributed by atoms with Crippen molar-refractivity contribution in [2.45, 2.75) is 45.1 Å². The Morgan fingerprint density at radius 1 is 1.37 bits per heavy atom. The number of hydrogen-bond donors (Lipinski definition) is 1. The summed E-state index contributed by atoms with van der Waals surface area (Å²) in [6.45, 7) is 3.07. The third-order valence-electron chi connectivity index (χ3n) is 4.45. The van der Waals surface area contributed by atoms with Gasteiger partial charge in [-0.2, -0.15) is 0 Å². The first kappa shape index (κ1) is 15.5. The van der Waals surface area contributed by atoms with Gasteiger partial charge in [0.05, 0.1) is 3.79 Å². The molecule has 1 heterocycles. The zero-order valence-electron chi connectivity index (χ0n) is 11.8. The van der Waals surface area contributed by atoms with E-state index in [0.717, 1.165) is 19.6 Å². The van der Waals surface area contributed by atoms with Gasteiger partial charge in [-0.1, -0.05) is 19.3 Å². The first-order chi connectivity index (χ1) is 9.13. The minimum absolute atomic E-state index is 0.432. The Balaban J connectivity index is 1.80. The highest BCUT2D eigenvalue weighted by molar-refractivity contribution is 9.11. The van der Waals surface area contributed by atoms with Crippen LogP contribution in [0.4, 0.5) is 0 Å². The fraction of sp³-hybridized carbons (Fsp3) is 0.733. The van der Waals surface area contributed by atoms with Gasteiger partial charge in [0, 0.05) is 6.54 Å². The van der Waals surface area contributed by atoms with Gasteiger partial charge in [0.1, 0.15) is 0 Å². The summed E-state index contributed by atoms with van der Waals surface area (Å²) >= 11 is 5.29. The summed E-state index contributed by atoms with van der Waals surface area (Å²) in [5, 5.41) is 2.24. The molecule has 0 saturated heterocycles. The molecule has 0 spiro atoms. The maximum absolute atomic E-state index is 6.06. The van der Waals surface area contributed by atoms with Crippen LogP contribution in [-0.2, 0) is 6.54 Å². The van der Waals surface area contributed by atoms with Crippen molar-refractivity contribution in [2.24, 2.45) is 11.1 Å². The molecule has 1 aliphatic rings. The number of thiophene rings is 1. The average Bonchev–Trinajstić information content (AvgIpc) is 2.83. The van der Waals surface area contributed by atoms with Crippen LogP contribution in [0, 0.1) is 5.41 Å².